The van der Waals surface area contributed by atoms with E-state index in [1.807, 2.05) is 50.8 Å². The van der Waals surface area contributed by atoms with Gasteiger partial charge in [0.05, 0.1) is 11.5 Å². The first-order chi connectivity index (χ1) is 19.7. The normalized spacial score (nSPS) is 25.3. The Morgan fingerprint density at radius 2 is 1.86 bits per heavy atom. The van der Waals surface area contributed by atoms with Gasteiger partial charge in [-0.1, -0.05) is 18.2 Å². The van der Waals surface area contributed by atoms with Gasteiger partial charge in [-0.3, -0.25) is 9.69 Å². The fraction of sp³-hybridized carbons (Fsp3) is 0.667. The molecule has 0 aromatic carbocycles. The quantitative estimate of drug-likeness (QED) is 0.174. The van der Waals surface area contributed by atoms with Crippen LogP contribution in [0.1, 0.15) is 110 Å². The van der Waals surface area contributed by atoms with Gasteiger partial charge < -0.3 is 23.5 Å². The number of carbonyl (C=O) groups is 3. The molecule has 232 valence electrons. The third kappa shape index (κ3) is 6.40. The first kappa shape index (κ1) is 31.7. The van der Waals surface area contributed by atoms with E-state index in [2.05, 4.69) is 12.6 Å². The summed E-state index contributed by atoms with van der Waals surface area (Å²) < 4.78 is 23.3. The molecule has 42 heavy (non-hydrogen) atoms. The monoisotopic (exact) mass is 584 g/mol. The predicted octanol–water partition coefficient (Wildman–Crippen LogP) is 7.07. The highest BCUT2D eigenvalue weighted by Crippen LogP contribution is 2.67. The number of nitrogens with zero attached hydrogens (tertiary/aromatic N) is 2. The van der Waals surface area contributed by atoms with Crippen LogP contribution in [0.2, 0.25) is 0 Å². The van der Waals surface area contributed by atoms with E-state index in [-0.39, 0.29) is 18.4 Å². The Morgan fingerprint density at radius 3 is 2.50 bits per heavy atom. The molecule has 1 aromatic heterocycles. The highest BCUT2D eigenvalue weighted by atomic mass is 16.7. The molecule has 4 atom stereocenters. The zero-order valence-corrected chi connectivity index (χ0v) is 26.4. The summed E-state index contributed by atoms with van der Waals surface area (Å²) >= 11 is 0. The largest absolute Gasteiger partial charge is 0.508 e. The van der Waals surface area contributed by atoms with Crippen LogP contribution in [0, 0.1) is 5.41 Å². The molecule has 3 heterocycles. The van der Waals surface area contributed by atoms with E-state index < -0.39 is 40.9 Å². The first-order valence-corrected chi connectivity index (χ1v) is 15.2. The van der Waals surface area contributed by atoms with E-state index in [0.29, 0.717) is 31.7 Å². The topological polar surface area (TPSA) is 98.5 Å². The molecule has 1 aliphatic carbocycles. The number of rotatable bonds is 9. The Morgan fingerprint density at radius 1 is 1.14 bits per heavy atom. The van der Waals surface area contributed by atoms with E-state index in [1.165, 1.54) is 0 Å². The summed E-state index contributed by atoms with van der Waals surface area (Å²) in [4.78, 5) is 44.6. The van der Waals surface area contributed by atoms with Crippen LogP contribution in [0.4, 0.5) is 9.59 Å². The fourth-order valence-corrected chi connectivity index (χ4v) is 6.73. The third-order valence-corrected chi connectivity index (χ3v) is 8.22. The van der Waals surface area contributed by atoms with Crippen molar-refractivity contribution in [3.63, 3.8) is 0 Å². The number of hydrogen-bond acceptors (Lipinski definition) is 7. The Labute approximate surface area is 250 Å². The van der Waals surface area contributed by atoms with Gasteiger partial charge in [0.25, 0.3) is 0 Å². The molecular formula is C33H48N2O7. The molecule has 1 aromatic rings. The van der Waals surface area contributed by atoms with Crippen LogP contribution in [0.5, 0.6) is 0 Å². The number of piperidine rings is 1. The smallest absolute Gasteiger partial charge is 0.463 e. The second-order valence-corrected chi connectivity index (χ2v) is 13.7. The van der Waals surface area contributed by atoms with Gasteiger partial charge in [-0.05, 0) is 86.6 Å². The van der Waals surface area contributed by atoms with Crippen molar-refractivity contribution in [1.29, 1.82) is 0 Å². The maximum Gasteiger partial charge on any atom is 0.508 e. The van der Waals surface area contributed by atoms with Gasteiger partial charge >= 0.3 is 12.2 Å². The number of unbranched alkanes of at least 4 members (excludes halogenated alkanes) is 2. The van der Waals surface area contributed by atoms with Gasteiger partial charge in [-0.2, -0.15) is 0 Å². The van der Waals surface area contributed by atoms with Crippen LogP contribution in [0.25, 0.3) is 0 Å². The molecule has 3 aliphatic rings. The van der Waals surface area contributed by atoms with Gasteiger partial charge in [-0.15, -0.1) is 6.58 Å². The minimum absolute atomic E-state index is 0.0251. The van der Waals surface area contributed by atoms with Crippen molar-refractivity contribution in [2.75, 3.05) is 19.7 Å². The van der Waals surface area contributed by atoms with Crippen molar-refractivity contribution >= 4 is 18.2 Å². The highest BCUT2D eigenvalue weighted by Gasteiger charge is 2.70. The Kier molecular flexibility index (Phi) is 9.19. The number of hydrogen-bond donors (Lipinski definition) is 0. The van der Waals surface area contributed by atoms with Crippen molar-refractivity contribution in [2.24, 2.45) is 5.41 Å². The lowest BCUT2D eigenvalue weighted by molar-refractivity contribution is -0.149. The summed E-state index contributed by atoms with van der Waals surface area (Å²) in [6.07, 6.45) is 8.97. The van der Waals surface area contributed by atoms with Crippen LogP contribution in [0.3, 0.4) is 0 Å². The van der Waals surface area contributed by atoms with Gasteiger partial charge in [0.1, 0.15) is 35.4 Å². The van der Waals surface area contributed by atoms with Crippen molar-refractivity contribution in [3.05, 3.63) is 48.0 Å². The summed E-state index contributed by atoms with van der Waals surface area (Å²) in [6, 6.07) is 0.802. The zero-order chi connectivity index (χ0) is 30.9. The van der Waals surface area contributed by atoms with Crippen molar-refractivity contribution in [2.45, 2.75) is 116 Å². The summed E-state index contributed by atoms with van der Waals surface area (Å²) in [5.41, 5.74) is -1.42. The Hall–Kier alpha value is -3.23. The average molecular weight is 585 g/mol. The van der Waals surface area contributed by atoms with E-state index >= 15 is 0 Å². The van der Waals surface area contributed by atoms with Crippen LogP contribution >= 0.6 is 0 Å². The van der Waals surface area contributed by atoms with Gasteiger partial charge in [0.2, 0.25) is 5.91 Å². The lowest BCUT2D eigenvalue weighted by Crippen LogP contribution is -2.53. The van der Waals surface area contributed by atoms with Crippen LogP contribution in [-0.2, 0) is 25.4 Å². The maximum atomic E-state index is 14.6. The van der Waals surface area contributed by atoms with Crippen LogP contribution in [-0.4, -0.2) is 64.9 Å². The number of amides is 2. The van der Waals surface area contributed by atoms with E-state index in [0.717, 1.165) is 37.0 Å². The minimum Gasteiger partial charge on any atom is -0.463 e. The molecule has 9 nitrogen and oxygen atoms in total. The fourth-order valence-electron chi connectivity index (χ4n) is 6.73. The zero-order valence-electron chi connectivity index (χ0n) is 26.4. The summed E-state index contributed by atoms with van der Waals surface area (Å²) in [5, 5.41) is 0. The minimum atomic E-state index is -0.928. The van der Waals surface area contributed by atoms with Crippen molar-refractivity contribution < 1.29 is 33.0 Å². The van der Waals surface area contributed by atoms with Crippen molar-refractivity contribution in [1.82, 2.24) is 9.80 Å². The molecule has 2 fully saturated rings. The summed E-state index contributed by atoms with van der Waals surface area (Å²) in [5.74, 6) is 1.35. The van der Waals surface area contributed by atoms with Crippen molar-refractivity contribution in [3.8, 4) is 0 Å². The second-order valence-electron chi connectivity index (χ2n) is 13.7. The molecule has 2 amide bonds. The summed E-state index contributed by atoms with van der Waals surface area (Å²) in [7, 11) is 0. The third-order valence-electron chi connectivity index (χ3n) is 8.22. The number of furan rings is 1. The number of allylic oxidation sites excluding steroid dienone is 3. The number of carbonyl (C=O) groups excluding carboxylic acids is 3. The van der Waals surface area contributed by atoms with Gasteiger partial charge in [0, 0.05) is 31.0 Å². The maximum absolute atomic E-state index is 14.6. The molecule has 0 unspecified atom stereocenters. The van der Waals surface area contributed by atoms with Gasteiger partial charge in [-0.25, -0.2) is 9.59 Å². The predicted molar refractivity (Wildman–Crippen MR) is 159 cm³/mol. The summed E-state index contributed by atoms with van der Waals surface area (Å²) in [6.45, 7) is 17.7. The van der Waals surface area contributed by atoms with E-state index in [9.17, 15) is 14.4 Å². The molecule has 0 radical (unpaired) electrons. The van der Waals surface area contributed by atoms with Crippen LogP contribution in [0.15, 0.2) is 35.3 Å². The van der Waals surface area contributed by atoms with Gasteiger partial charge in [0.15, 0.2) is 0 Å². The second kappa shape index (κ2) is 12.2. The number of fused-ring (bicyclic) bond motifs is 3. The molecule has 0 saturated carbocycles. The van der Waals surface area contributed by atoms with E-state index in [4.69, 9.17) is 18.6 Å². The Balaban J connectivity index is 1.74. The van der Waals surface area contributed by atoms with E-state index in [1.54, 1.807) is 25.7 Å². The highest BCUT2D eigenvalue weighted by molar-refractivity contribution is 5.89. The number of likely N-dealkylation sites (tertiary alicyclic amines) is 2. The lowest BCUT2D eigenvalue weighted by Gasteiger charge is -2.44. The lowest BCUT2D eigenvalue weighted by atomic mass is 9.67. The number of ether oxygens (including phenoxy) is 3. The first-order valence-electron chi connectivity index (χ1n) is 15.2. The SMILES string of the molecule is C=CCCCCN1CC[C@H]2c3cc(CC=CC)oc3[C@@H]3N(C(=O)OC(C)(C)C)[C@@H](COC(=O)OC(C)(C)C)C[C@@]32C1=O. The molecule has 1 spiro atoms. The molecule has 2 saturated heterocycles. The molecular weight excluding hydrogens is 536 g/mol. The molecule has 0 bridgehead atoms. The Bertz CT molecular complexity index is 1200. The molecule has 4 rings (SSSR count). The van der Waals surface area contributed by atoms with Crippen LogP contribution < -0.4 is 0 Å². The molecule has 0 N–H and O–H groups in total. The average Bonchev–Trinajstić information content (AvgIpc) is 3.50. The molecule has 9 heteroatoms. The standard InChI is InChI=1S/C33H48N2O7/c1-9-11-13-14-17-34-18-16-25-24-19-23(15-12-10-2)40-26(24)27-33(25,28(34)36)20-22(21-39-30(38)42-32(6,7)8)35(27)29(37)41-31(3,4)5/h9-10,12,19,22,25,27H,1,11,13-18,20-21H2,2-8H3/t22-,25+,27+,33+/m1/s1. The molecule has 2 aliphatic heterocycles.